The Hall–Kier alpha value is -1.19. The van der Waals surface area contributed by atoms with Crippen LogP contribution in [0.3, 0.4) is 0 Å². The van der Waals surface area contributed by atoms with Gasteiger partial charge >= 0.3 is 0 Å². The third kappa shape index (κ3) is 4.81. The van der Waals surface area contributed by atoms with Gasteiger partial charge in [-0.15, -0.1) is 0 Å². The minimum Gasteiger partial charge on any atom is -0.393 e. The average Bonchev–Trinajstić information content (AvgIpc) is 3.08. The highest BCUT2D eigenvalue weighted by Gasteiger charge is 2.40. The molecule has 6 atom stereocenters. The Bertz CT molecular complexity index is 615. The molecule has 0 heterocycles. The van der Waals surface area contributed by atoms with E-state index in [1.165, 1.54) is 31.3 Å². The van der Waals surface area contributed by atoms with Crippen molar-refractivity contribution >= 4 is 6.29 Å². The summed E-state index contributed by atoms with van der Waals surface area (Å²) in [4.78, 5) is 10.6. The molecule has 0 bridgehead atoms. The summed E-state index contributed by atoms with van der Waals surface area (Å²) in [5.41, 5.74) is 3.57. The molecule has 0 unspecified atom stereocenters. The molecule has 27 heavy (non-hydrogen) atoms. The summed E-state index contributed by atoms with van der Waals surface area (Å²) in [6.45, 7) is 4.37. The third-order valence-corrected chi connectivity index (χ3v) is 7.33. The number of hydrogen-bond acceptors (Lipinski definition) is 3. The van der Waals surface area contributed by atoms with Crippen LogP contribution in [0.25, 0.3) is 0 Å². The molecule has 3 rings (SSSR count). The highest BCUT2D eigenvalue weighted by molar-refractivity contribution is 5.48. The molecule has 150 valence electrons. The Morgan fingerprint density at radius 3 is 2.81 bits per heavy atom. The molecule has 0 radical (unpaired) electrons. The number of aldehydes is 1. The van der Waals surface area contributed by atoms with Crippen LogP contribution in [0, 0.1) is 23.7 Å². The van der Waals surface area contributed by atoms with Crippen LogP contribution in [0.2, 0.25) is 0 Å². The minimum absolute atomic E-state index is 0.431. The summed E-state index contributed by atoms with van der Waals surface area (Å²) in [7, 11) is 0. The first-order valence-electron chi connectivity index (χ1n) is 10.9. The van der Waals surface area contributed by atoms with E-state index in [1.54, 1.807) is 0 Å². The summed E-state index contributed by atoms with van der Waals surface area (Å²) in [6, 6.07) is 0. The number of rotatable bonds is 7. The number of hydrogen-bond donors (Lipinski definition) is 2. The molecule has 0 spiro atoms. The summed E-state index contributed by atoms with van der Waals surface area (Å²) in [5.74, 6) is 2.93. The second kappa shape index (κ2) is 9.34. The maximum atomic E-state index is 10.6. The van der Waals surface area contributed by atoms with Gasteiger partial charge in [0.15, 0.2) is 0 Å². The quantitative estimate of drug-likeness (QED) is 0.501. The van der Waals surface area contributed by atoms with Gasteiger partial charge in [-0.2, -0.15) is 0 Å². The zero-order valence-corrected chi connectivity index (χ0v) is 16.9. The molecule has 1 fully saturated rings. The van der Waals surface area contributed by atoms with Crippen molar-refractivity contribution in [3.63, 3.8) is 0 Å². The van der Waals surface area contributed by atoms with E-state index in [-0.39, 0.29) is 0 Å². The molecule has 3 aliphatic rings. The summed E-state index contributed by atoms with van der Waals surface area (Å²) in [5, 5.41) is 20.1. The minimum atomic E-state index is -0.510. The van der Waals surface area contributed by atoms with Crippen molar-refractivity contribution in [3.05, 3.63) is 34.9 Å². The van der Waals surface area contributed by atoms with E-state index >= 15 is 0 Å². The number of carbonyl (C=O) groups is 1. The highest BCUT2D eigenvalue weighted by atomic mass is 16.3. The van der Waals surface area contributed by atoms with Crippen molar-refractivity contribution in [2.45, 2.75) is 83.8 Å². The lowest BCUT2D eigenvalue weighted by molar-refractivity contribution is -0.108. The largest absolute Gasteiger partial charge is 0.393 e. The number of unbranched alkanes of at least 4 members (excludes halogenated alkanes) is 1. The predicted octanol–water partition coefficient (Wildman–Crippen LogP) is 4.74. The first-order chi connectivity index (χ1) is 13.0. The molecule has 0 aromatic rings. The molecule has 1 saturated carbocycles. The molecule has 0 amide bonds. The Labute approximate surface area is 164 Å². The molecule has 3 nitrogen and oxygen atoms in total. The topological polar surface area (TPSA) is 57.5 Å². The first kappa shape index (κ1) is 20.5. The Balaban J connectivity index is 1.66. The van der Waals surface area contributed by atoms with Gasteiger partial charge < -0.3 is 15.0 Å². The van der Waals surface area contributed by atoms with Crippen molar-refractivity contribution in [1.29, 1.82) is 0 Å². The zero-order chi connectivity index (χ0) is 19.4. The maximum Gasteiger partial charge on any atom is 0.119 e. The van der Waals surface area contributed by atoms with Crippen LogP contribution in [0.15, 0.2) is 34.9 Å². The zero-order valence-electron chi connectivity index (χ0n) is 16.9. The molecule has 0 aromatic heterocycles. The molecule has 0 aliphatic heterocycles. The molecule has 0 aromatic carbocycles. The third-order valence-electron chi connectivity index (χ3n) is 7.33. The lowest BCUT2D eigenvalue weighted by Crippen LogP contribution is -2.25. The number of fused-ring (bicyclic) bond motifs is 1. The van der Waals surface area contributed by atoms with E-state index in [9.17, 15) is 15.0 Å². The Kier molecular flexibility index (Phi) is 7.10. The van der Waals surface area contributed by atoms with Crippen molar-refractivity contribution < 1.29 is 15.0 Å². The summed E-state index contributed by atoms with van der Waals surface area (Å²) in [6.07, 6.45) is 16.0. The molecular formula is C24H36O3. The van der Waals surface area contributed by atoms with E-state index in [2.05, 4.69) is 25.2 Å². The number of aliphatic hydroxyl groups is 2. The van der Waals surface area contributed by atoms with Gasteiger partial charge in [0.2, 0.25) is 0 Å². The number of aliphatic hydroxyl groups excluding tert-OH is 2. The van der Waals surface area contributed by atoms with Crippen molar-refractivity contribution in [3.8, 4) is 0 Å². The van der Waals surface area contributed by atoms with E-state index in [1.807, 2.05) is 6.92 Å². The fourth-order valence-corrected chi connectivity index (χ4v) is 5.70. The second-order valence-corrected chi connectivity index (χ2v) is 9.02. The van der Waals surface area contributed by atoms with Crippen LogP contribution in [-0.4, -0.2) is 28.7 Å². The van der Waals surface area contributed by atoms with Gasteiger partial charge in [0.1, 0.15) is 6.29 Å². The fraction of sp³-hybridized carbons (Fsp3) is 0.708. The highest BCUT2D eigenvalue weighted by Crippen LogP contribution is 2.50. The lowest BCUT2D eigenvalue weighted by atomic mass is 9.73. The Morgan fingerprint density at radius 2 is 2.04 bits per heavy atom. The summed E-state index contributed by atoms with van der Waals surface area (Å²) < 4.78 is 0. The van der Waals surface area contributed by atoms with Crippen LogP contribution in [0.1, 0.15) is 71.6 Å². The van der Waals surface area contributed by atoms with Crippen LogP contribution >= 0.6 is 0 Å². The van der Waals surface area contributed by atoms with Crippen molar-refractivity contribution in [2.24, 2.45) is 23.7 Å². The smallest absolute Gasteiger partial charge is 0.119 e. The van der Waals surface area contributed by atoms with Crippen molar-refractivity contribution in [1.82, 2.24) is 0 Å². The predicted molar refractivity (Wildman–Crippen MR) is 109 cm³/mol. The molecule has 3 heteroatoms. The average molecular weight is 373 g/mol. The van der Waals surface area contributed by atoms with Crippen LogP contribution in [0.5, 0.6) is 0 Å². The van der Waals surface area contributed by atoms with Gasteiger partial charge in [0.25, 0.3) is 0 Å². The fourth-order valence-electron chi connectivity index (χ4n) is 5.70. The SMILES string of the molecule is CC1=C(/C=C\C2=CCC[C@@H]3[C@@H]([C@H](C)CCCC=O)CC[C@H]23)C[C@@H](O)C[C@@H]1O. The van der Waals surface area contributed by atoms with Gasteiger partial charge in [-0.1, -0.05) is 31.6 Å². The Morgan fingerprint density at radius 1 is 1.22 bits per heavy atom. The van der Waals surface area contributed by atoms with Gasteiger partial charge in [-0.25, -0.2) is 0 Å². The van der Waals surface area contributed by atoms with Crippen LogP contribution < -0.4 is 0 Å². The van der Waals surface area contributed by atoms with Crippen molar-refractivity contribution in [2.75, 3.05) is 0 Å². The van der Waals surface area contributed by atoms with Gasteiger partial charge in [-0.05, 0) is 85.8 Å². The molecular weight excluding hydrogens is 336 g/mol. The molecule has 0 saturated heterocycles. The van der Waals surface area contributed by atoms with Gasteiger partial charge in [0.05, 0.1) is 12.2 Å². The van der Waals surface area contributed by atoms with Crippen LogP contribution in [0.4, 0.5) is 0 Å². The first-order valence-corrected chi connectivity index (χ1v) is 10.9. The lowest BCUT2D eigenvalue weighted by Gasteiger charge is -2.32. The monoisotopic (exact) mass is 372 g/mol. The van der Waals surface area contributed by atoms with E-state index < -0.39 is 12.2 Å². The van der Waals surface area contributed by atoms with E-state index in [0.29, 0.717) is 31.1 Å². The summed E-state index contributed by atoms with van der Waals surface area (Å²) >= 11 is 0. The van der Waals surface area contributed by atoms with E-state index in [0.717, 1.165) is 42.1 Å². The van der Waals surface area contributed by atoms with Gasteiger partial charge in [0, 0.05) is 12.8 Å². The van der Waals surface area contributed by atoms with Gasteiger partial charge in [-0.3, -0.25) is 0 Å². The number of carbonyl (C=O) groups excluding carboxylic acids is 1. The standard InChI is InChI=1S/C24H36O3/c1-16(6-3-4-13-25)21-11-12-22-18(7-5-8-23(21)22)9-10-19-14-20(26)15-24(27)17(19)2/h7,9-10,13,16,20-24,26-27H,3-6,8,11-12,14-15H2,1-2H3/b10-9-/t16-,20-,21-,22-,23-,24+/m1/s1. The normalized spacial score (nSPS) is 35.3. The second-order valence-electron chi connectivity index (χ2n) is 9.02. The van der Waals surface area contributed by atoms with Crippen LogP contribution in [-0.2, 0) is 4.79 Å². The maximum absolute atomic E-state index is 10.6. The molecule has 2 N–H and O–H groups in total. The number of allylic oxidation sites excluding steroid dienone is 4. The van der Waals surface area contributed by atoms with E-state index in [4.69, 9.17) is 0 Å². The molecule has 3 aliphatic carbocycles.